The normalized spacial score (nSPS) is 21.6. The van der Waals surface area contributed by atoms with E-state index in [0.717, 1.165) is 59.3 Å². The summed E-state index contributed by atoms with van der Waals surface area (Å²) in [6.45, 7) is 11.1. The number of aryl methyl sites for hydroxylation is 2. The first kappa shape index (κ1) is 56.8. The van der Waals surface area contributed by atoms with Gasteiger partial charge in [-0.15, -0.1) is 0 Å². The lowest BCUT2D eigenvalue weighted by Crippen LogP contribution is -2.60. The molecule has 0 radical (unpaired) electrons. The Morgan fingerprint density at radius 1 is 0.718 bits per heavy atom. The van der Waals surface area contributed by atoms with E-state index in [1.807, 2.05) is 36.4 Å². The number of nitrogens with one attached hydrogen (secondary N) is 5. The molecule has 0 saturated carbocycles. The first-order chi connectivity index (χ1) is 37.0. The third-order valence-corrected chi connectivity index (χ3v) is 18.6. The molecule has 0 aromatic heterocycles. The minimum Gasteiger partial charge on any atom is -0.465 e. The number of nitrogens with zero attached hydrogens (tertiary/aromatic N) is 3. The van der Waals surface area contributed by atoms with Crippen molar-refractivity contribution in [3.63, 3.8) is 0 Å². The van der Waals surface area contributed by atoms with Crippen LogP contribution in [-0.4, -0.2) is 131 Å². The molecular weight excluding hydrogens is 1010 g/mol. The lowest BCUT2D eigenvalue weighted by molar-refractivity contribution is -0.144. The van der Waals surface area contributed by atoms with E-state index in [-0.39, 0.29) is 48.8 Å². The summed E-state index contributed by atoms with van der Waals surface area (Å²) in [6, 6.07) is 24.1. The van der Waals surface area contributed by atoms with E-state index in [1.165, 1.54) is 24.4 Å². The maximum absolute atomic E-state index is 14.7. The van der Waals surface area contributed by atoms with Crippen LogP contribution in [0.1, 0.15) is 120 Å². The Kier molecular flexibility index (Phi) is 17.3. The van der Waals surface area contributed by atoms with Gasteiger partial charge in [0.25, 0.3) is 11.8 Å². The van der Waals surface area contributed by atoms with Gasteiger partial charge in [0.15, 0.2) is 0 Å². The van der Waals surface area contributed by atoms with Gasteiger partial charge in [0, 0.05) is 42.6 Å². The molecule has 2 aliphatic carbocycles. The van der Waals surface area contributed by atoms with Crippen molar-refractivity contribution in [3.8, 4) is 0 Å². The molecule has 414 valence electrons. The molecule has 4 unspecified atom stereocenters. The van der Waals surface area contributed by atoms with Gasteiger partial charge in [-0.05, 0) is 134 Å². The second-order valence-corrected chi connectivity index (χ2v) is 28.5. The lowest BCUT2D eigenvalue weighted by Gasteiger charge is -2.37. The Morgan fingerprint density at radius 2 is 1.26 bits per heavy atom. The van der Waals surface area contributed by atoms with Gasteiger partial charge in [-0.2, -0.15) is 0 Å². The maximum atomic E-state index is 14.7. The van der Waals surface area contributed by atoms with E-state index >= 15 is 0 Å². The molecule has 4 aromatic rings. The minimum absolute atomic E-state index is 0.0417. The van der Waals surface area contributed by atoms with Gasteiger partial charge in [-0.1, -0.05) is 94.5 Å². The van der Waals surface area contributed by atoms with Crippen molar-refractivity contribution in [1.82, 2.24) is 36.0 Å². The van der Waals surface area contributed by atoms with Crippen molar-refractivity contribution in [2.45, 2.75) is 147 Å². The van der Waals surface area contributed by atoms with E-state index in [2.05, 4.69) is 51.8 Å². The molecule has 78 heavy (non-hydrogen) atoms. The summed E-state index contributed by atoms with van der Waals surface area (Å²) in [5, 5.41) is 24.6. The minimum atomic E-state index is -1.90. The molecule has 8 N–H and O–H groups in total. The number of hydrogen-bond donors (Lipinski definition) is 7. The Balaban J connectivity index is 0.881. The fourth-order valence-corrected chi connectivity index (χ4v) is 14.3. The highest BCUT2D eigenvalue weighted by Gasteiger charge is 2.48. The Morgan fingerprint density at radius 3 is 1.82 bits per heavy atom. The van der Waals surface area contributed by atoms with Crippen molar-refractivity contribution in [2.24, 2.45) is 11.1 Å². The number of benzene rings is 4. The van der Waals surface area contributed by atoms with Gasteiger partial charge >= 0.3 is 6.09 Å². The fourth-order valence-electron chi connectivity index (χ4n) is 11.5. The van der Waals surface area contributed by atoms with Crippen molar-refractivity contribution in [2.75, 3.05) is 25.1 Å². The van der Waals surface area contributed by atoms with Gasteiger partial charge in [0.1, 0.15) is 24.2 Å². The largest absolute Gasteiger partial charge is 0.465 e. The number of carboxylic acid groups (broad SMARTS) is 1. The van der Waals surface area contributed by atoms with Crippen LogP contribution in [0.25, 0.3) is 0 Å². The summed E-state index contributed by atoms with van der Waals surface area (Å²) in [4.78, 5) is 113. The van der Waals surface area contributed by atoms with Gasteiger partial charge in [0.05, 0.1) is 26.2 Å². The molecule has 2 saturated heterocycles. The number of likely N-dealkylation sites (N-methyl/N-ethyl adjacent to an activating group) is 1. The van der Waals surface area contributed by atoms with Crippen LogP contribution < -0.4 is 32.3 Å². The van der Waals surface area contributed by atoms with Crippen LogP contribution in [0, 0.1) is 5.41 Å². The van der Waals surface area contributed by atoms with Crippen molar-refractivity contribution < 1.29 is 43.5 Å². The number of rotatable bonds is 15. The number of hydrogen-bond acceptors (Lipinski definition) is 9. The van der Waals surface area contributed by atoms with Crippen LogP contribution in [0.3, 0.4) is 0 Å². The van der Waals surface area contributed by atoms with Gasteiger partial charge in [-0.25, -0.2) is 4.79 Å². The molecule has 0 spiro atoms. The molecule has 8 atom stereocenters. The monoisotopic (exact) mass is 1080 g/mol. The van der Waals surface area contributed by atoms with Gasteiger partial charge < -0.3 is 47.2 Å². The number of carbonyl (C=O) groups is 8. The van der Waals surface area contributed by atoms with Crippen molar-refractivity contribution >= 4 is 61.2 Å². The summed E-state index contributed by atoms with van der Waals surface area (Å²) in [7, 11) is -0.639. The number of anilines is 1. The topological polar surface area (TPSA) is 253 Å². The van der Waals surface area contributed by atoms with E-state index in [1.54, 1.807) is 74.2 Å². The van der Waals surface area contributed by atoms with Crippen LogP contribution in [0.4, 0.5) is 10.5 Å². The zero-order valence-electron chi connectivity index (χ0n) is 45.8. The average Bonchev–Trinajstić information content (AvgIpc) is 4.00. The summed E-state index contributed by atoms with van der Waals surface area (Å²) in [6.07, 6.45) is 4.82. The first-order valence-corrected chi connectivity index (χ1v) is 30.6. The molecule has 2 fully saturated rings. The van der Waals surface area contributed by atoms with Crippen LogP contribution in [0.15, 0.2) is 97.1 Å². The van der Waals surface area contributed by atoms with E-state index in [0.29, 0.717) is 29.9 Å². The van der Waals surface area contributed by atoms with Crippen molar-refractivity contribution in [1.29, 1.82) is 0 Å². The smallest absolute Gasteiger partial charge is 0.407 e. The Bertz CT molecular complexity index is 2930. The zero-order valence-corrected chi connectivity index (χ0v) is 46.8. The molecule has 8 amide bonds. The van der Waals surface area contributed by atoms with Gasteiger partial charge in [-0.3, -0.25) is 38.5 Å². The predicted molar refractivity (Wildman–Crippen MR) is 299 cm³/mol. The second-order valence-electron chi connectivity index (χ2n) is 23.5. The van der Waals surface area contributed by atoms with E-state index in [9.17, 15) is 43.5 Å². The fraction of sp³-hybridized carbons (Fsp3) is 0.458. The molecule has 4 aromatic carbocycles. The van der Waals surface area contributed by atoms with Crippen LogP contribution >= 0.6 is 0 Å². The zero-order chi connectivity index (χ0) is 56.2. The Hall–Kier alpha value is -7.38. The number of nitrogens with two attached hydrogens (primary N) is 1. The molecule has 18 nitrogen and oxygen atoms in total. The highest BCUT2D eigenvalue weighted by Crippen LogP contribution is 2.34. The maximum Gasteiger partial charge on any atom is 0.407 e. The SMILES string of the molecule is CC(C(=O)NC(C(=O)N1C[C@@H](NC(=O)c2ccc(NC(=O)c3ccc(CC(N)C(=O)N4C[Si](C)(C)CC4C(=O)N[C@@H]4CCCc5ccccc54)cc3)cc2)C[C@H]1C(=O)N[C@@H]1CCCc2ccccc21)C(C)(C)C)N(C)C(=O)O. The van der Waals surface area contributed by atoms with Crippen LogP contribution in [-0.2, 0) is 43.2 Å². The molecule has 4 aliphatic rings. The molecule has 8 rings (SSSR count). The molecular formula is C59H75N9O9Si. The average molecular weight is 1080 g/mol. The summed E-state index contributed by atoms with van der Waals surface area (Å²) in [5.74, 6) is -2.89. The summed E-state index contributed by atoms with van der Waals surface area (Å²) >= 11 is 0. The van der Waals surface area contributed by atoms with E-state index in [4.69, 9.17) is 5.73 Å². The highest BCUT2D eigenvalue weighted by atomic mass is 28.3. The number of fused-ring (bicyclic) bond motifs is 2. The third kappa shape index (κ3) is 13.1. The van der Waals surface area contributed by atoms with Crippen molar-refractivity contribution in [3.05, 3.63) is 136 Å². The third-order valence-electron chi connectivity index (χ3n) is 16.0. The van der Waals surface area contributed by atoms with E-state index < -0.39 is 85.4 Å². The standard InChI is InChI=1S/C59H75N9O9Si/c1-35(66(5)58(76)77)51(69)65-50(59(2,3)4)57(75)67-32-42(31-48(67)54(72)63-46-20-12-16-37-14-8-10-18-43(37)46)62-53(71)40-26-28-41(29-27-40)61-52(70)39-24-22-36(23-25-39)30-45(60)56(74)68-34-78(6,7)33-49(68)55(73)64-47-21-13-17-38-15-9-11-19-44(38)47/h8-11,14-15,18-19,22-29,35,42,45-50H,12-13,16-17,20-21,30-34,60H2,1-7H3,(H,61,70)(H,62,71)(H,63,72)(H,64,73)(H,65,69)(H,76,77)/t35?,42-,45?,46+,47+,48-,49?,50?/m0/s1. The molecule has 2 aliphatic heterocycles. The molecule has 2 heterocycles. The lowest BCUT2D eigenvalue weighted by atomic mass is 9.85. The Labute approximate surface area is 457 Å². The van der Waals surface area contributed by atoms with Crippen LogP contribution in [0.5, 0.6) is 0 Å². The number of amides is 8. The highest BCUT2D eigenvalue weighted by molar-refractivity contribution is 6.79. The first-order valence-electron chi connectivity index (χ1n) is 27.2. The molecule has 0 bridgehead atoms. The summed E-state index contributed by atoms with van der Waals surface area (Å²) < 4.78 is 0. The van der Waals surface area contributed by atoms with Gasteiger partial charge in [0.2, 0.25) is 29.5 Å². The predicted octanol–water partition coefficient (Wildman–Crippen LogP) is 5.88. The second kappa shape index (κ2) is 23.7. The quantitative estimate of drug-likeness (QED) is 0.0696. The molecule has 19 heteroatoms. The summed E-state index contributed by atoms with van der Waals surface area (Å²) in [5.41, 5.74) is 12.1. The number of carbonyl (C=O) groups excluding carboxylic acids is 7. The van der Waals surface area contributed by atoms with Crippen LogP contribution in [0.2, 0.25) is 19.1 Å². The number of likely N-dealkylation sites (tertiary alicyclic amines) is 1.